The molecule has 3 nitrogen and oxygen atoms in total. The van der Waals surface area contributed by atoms with E-state index in [9.17, 15) is 0 Å². The molecule has 1 aromatic heterocycles. The van der Waals surface area contributed by atoms with E-state index < -0.39 is 0 Å². The summed E-state index contributed by atoms with van der Waals surface area (Å²) in [5, 5.41) is 6.93. The number of hydrogen-bond donors (Lipinski definition) is 2. The number of pyridine rings is 1. The summed E-state index contributed by atoms with van der Waals surface area (Å²) in [7, 11) is 0. The van der Waals surface area contributed by atoms with Gasteiger partial charge in [0.15, 0.2) is 0 Å². The molecule has 0 amide bonds. The molecule has 0 saturated carbocycles. The largest absolute Gasteiger partial charge is 0.396 e. The molecule has 0 bridgehead atoms. The average molecular weight is 230 g/mol. The van der Waals surface area contributed by atoms with Crippen LogP contribution < -0.4 is 5.73 Å². The normalized spacial score (nSPS) is 8.25. The molecule has 0 radical (unpaired) electrons. The van der Waals surface area contributed by atoms with Crippen LogP contribution in [0.1, 0.15) is 19.4 Å². The molecule has 0 spiro atoms. The van der Waals surface area contributed by atoms with Crippen LogP contribution in [0.2, 0.25) is 0 Å². The van der Waals surface area contributed by atoms with Crippen molar-refractivity contribution in [2.24, 2.45) is 0 Å². The summed E-state index contributed by atoms with van der Waals surface area (Å²) in [5.41, 5.74) is 6.73. The Kier molecular flexibility index (Phi) is 5.28. The van der Waals surface area contributed by atoms with Crippen LogP contribution in [0.3, 0.4) is 0 Å². The van der Waals surface area contributed by atoms with Crippen molar-refractivity contribution in [1.29, 1.82) is 5.41 Å². The Bertz CT molecular complexity index is 260. The highest BCUT2D eigenvalue weighted by molar-refractivity contribution is 9.10. The lowest BCUT2D eigenvalue weighted by Crippen LogP contribution is -1.94. The van der Waals surface area contributed by atoms with Gasteiger partial charge in [0.25, 0.3) is 0 Å². The maximum atomic E-state index is 6.93. The lowest BCUT2D eigenvalue weighted by atomic mass is 10.2. The highest BCUT2D eigenvalue weighted by atomic mass is 79.9. The molecule has 0 unspecified atom stereocenters. The SMILES string of the molecule is CC.N=Cc1ccnc(Br)c1N. The fourth-order valence-corrected chi connectivity index (χ4v) is 0.934. The number of aromatic nitrogens is 1. The van der Waals surface area contributed by atoms with Crippen LogP contribution in [0.5, 0.6) is 0 Å². The zero-order valence-corrected chi connectivity index (χ0v) is 8.72. The first-order valence-electron chi connectivity index (χ1n) is 3.66. The molecule has 12 heavy (non-hydrogen) atoms. The van der Waals surface area contributed by atoms with E-state index in [4.69, 9.17) is 11.1 Å². The first-order valence-corrected chi connectivity index (χ1v) is 4.45. The molecule has 0 aliphatic heterocycles. The van der Waals surface area contributed by atoms with Gasteiger partial charge in [-0.1, -0.05) is 13.8 Å². The molecule has 1 aromatic rings. The van der Waals surface area contributed by atoms with Gasteiger partial charge in [0.05, 0.1) is 5.69 Å². The predicted molar refractivity (Wildman–Crippen MR) is 55.6 cm³/mol. The second-order valence-electron chi connectivity index (χ2n) is 1.75. The fraction of sp³-hybridized carbons (Fsp3) is 0.250. The molecular weight excluding hydrogens is 218 g/mol. The summed E-state index contributed by atoms with van der Waals surface area (Å²) in [4.78, 5) is 3.88. The van der Waals surface area contributed by atoms with Gasteiger partial charge in [0.1, 0.15) is 4.60 Å². The molecule has 0 fully saturated rings. The first kappa shape index (κ1) is 11.1. The molecule has 0 aromatic carbocycles. The van der Waals surface area contributed by atoms with Crippen LogP contribution in [0.4, 0.5) is 5.69 Å². The summed E-state index contributed by atoms with van der Waals surface area (Å²) in [6, 6.07) is 1.69. The van der Waals surface area contributed by atoms with Crippen LogP contribution in [0.15, 0.2) is 16.9 Å². The zero-order chi connectivity index (χ0) is 9.56. The number of nitrogens with zero attached hydrogens (tertiary/aromatic N) is 1. The average Bonchev–Trinajstić information content (AvgIpc) is 2.13. The number of rotatable bonds is 1. The fourth-order valence-electron chi connectivity index (χ4n) is 0.587. The minimum absolute atomic E-state index is 0.512. The molecule has 1 heterocycles. The third-order valence-corrected chi connectivity index (χ3v) is 1.76. The number of hydrogen-bond acceptors (Lipinski definition) is 3. The molecule has 0 aliphatic rings. The summed E-state index contributed by atoms with van der Waals surface area (Å²) in [5.74, 6) is 0. The Morgan fingerprint density at radius 2 is 2.17 bits per heavy atom. The van der Waals surface area contributed by atoms with E-state index in [0.717, 1.165) is 0 Å². The third kappa shape index (κ3) is 2.62. The molecule has 0 saturated heterocycles. The Hall–Kier alpha value is -0.900. The van der Waals surface area contributed by atoms with E-state index in [1.807, 2.05) is 13.8 Å². The van der Waals surface area contributed by atoms with Crippen molar-refractivity contribution < 1.29 is 0 Å². The van der Waals surface area contributed by atoms with Gasteiger partial charge in [0, 0.05) is 18.0 Å². The van der Waals surface area contributed by atoms with Crippen molar-refractivity contribution >= 4 is 27.8 Å². The van der Waals surface area contributed by atoms with Gasteiger partial charge >= 0.3 is 0 Å². The van der Waals surface area contributed by atoms with Gasteiger partial charge in [-0.15, -0.1) is 0 Å². The lowest BCUT2D eigenvalue weighted by Gasteiger charge is -1.98. The van der Waals surface area contributed by atoms with E-state index in [2.05, 4.69) is 20.9 Å². The summed E-state index contributed by atoms with van der Waals surface area (Å²) in [6.45, 7) is 4.00. The van der Waals surface area contributed by atoms with E-state index in [1.165, 1.54) is 6.21 Å². The Balaban J connectivity index is 0.000000561. The number of nitrogens with two attached hydrogens (primary N) is 1. The highest BCUT2D eigenvalue weighted by Gasteiger charge is 1.98. The van der Waals surface area contributed by atoms with Crippen molar-refractivity contribution in [2.75, 3.05) is 5.73 Å². The van der Waals surface area contributed by atoms with E-state index >= 15 is 0 Å². The van der Waals surface area contributed by atoms with Gasteiger partial charge < -0.3 is 11.1 Å². The minimum Gasteiger partial charge on any atom is -0.396 e. The minimum atomic E-state index is 0.512. The standard InChI is InChI=1S/C6H6BrN3.C2H6/c7-6-5(9)4(3-8)1-2-10-6;1-2/h1-3,8H,9H2;1-2H3. The topological polar surface area (TPSA) is 62.8 Å². The number of halogens is 1. The van der Waals surface area contributed by atoms with E-state index in [-0.39, 0.29) is 0 Å². The number of nitrogen functional groups attached to an aromatic ring is 1. The second kappa shape index (κ2) is 5.71. The molecule has 1 rings (SSSR count). The summed E-state index contributed by atoms with van der Waals surface area (Å²) >= 11 is 3.15. The Morgan fingerprint density at radius 1 is 1.58 bits per heavy atom. The number of nitrogens with one attached hydrogen (secondary N) is 1. The van der Waals surface area contributed by atoms with Gasteiger partial charge in [-0.25, -0.2) is 4.98 Å². The first-order chi connectivity index (χ1) is 5.75. The van der Waals surface area contributed by atoms with Crippen molar-refractivity contribution in [1.82, 2.24) is 4.98 Å². The van der Waals surface area contributed by atoms with Crippen molar-refractivity contribution in [3.05, 3.63) is 22.4 Å². The molecule has 66 valence electrons. The van der Waals surface area contributed by atoms with Crippen LogP contribution >= 0.6 is 15.9 Å². The third-order valence-electron chi connectivity index (χ3n) is 1.13. The van der Waals surface area contributed by atoms with Crippen LogP contribution in [0, 0.1) is 5.41 Å². The highest BCUT2D eigenvalue weighted by Crippen LogP contribution is 2.17. The van der Waals surface area contributed by atoms with Gasteiger partial charge in [-0.05, 0) is 22.0 Å². The molecular formula is C8H12BrN3. The number of anilines is 1. The predicted octanol–water partition coefficient (Wildman–Crippen LogP) is 2.45. The molecule has 3 N–H and O–H groups in total. The Morgan fingerprint density at radius 3 is 2.58 bits per heavy atom. The summed E-state index contributed by atoms with van der Waals surface area (Å²) in [6.07, 6.45) is 2.79. The van der Waals surface area contributed by atoms with Crippen molar-refractivity contribution in [2.45, 2.75) is 13.8 Å². The van der Waals surface area contributed by atoms with Gasteiger partial charge in [-0.2, -0.15) is 0 Å². The lowest BCUT2D eigenvalue weighted by molar-refractivity contribution is 1.27. The maximum absolute atomic E-state index is 6.93. The smallest absolute Gasteiger partial charge is 0.129 e. The second-order valence-corrected chi connectivity index (χ2v) is 2.50. The molecule has 0 aliphatic carbocycles. The zero-order valence-electron chi connectivity index (χ0n) is 7.13. The van der Waals surface area contributed by atoms with Crippen molar-refractivity contribution in [3.8, 4) is 0 Å². The van der Waals surface area contributed by atoms with Crippen LogP contribution in [-0.2, 0) is 0 Å². The van der Waals surface area contributed by atoms with Crippen molar-refractivity contribution in [3.63, 3.8) is 0 Å². The van der Waals surface area contributed by atoms with E-state index in [0.29, 0.717) is 15.9 Å². The quantitative estimate of drug-likeness (QED) is 0.574. The van der Waals surface area contributed by atoms with Crippen LogP contribution in [0.25, 0.3) is 0 Å². The molecule has 0 atom stereocenters. The maximum Gasteiger partial charge on any atom is 0.129 e. The summed E-state index contributed by atoms with van der Waals surface area (Å²) < 4.78 is 0.591. The van der Waals surface area contributed by atoms with Gasteiger partial charge in [-0.3, -0.25) is 0 Å². The monoisotopic (exact) mass is 229 g/mol. The van der Waals surface area contributed by atoms with E-state index in [1.54, 1.807) is 12.3 Å². The van der Waals surface area contributed by atoms with Gasteiger partial charge in [0.2, 0.25) is 0 Å². The Labute approximate surface area is 80.6 Å². The molecule has 4 heteroatoms. The van der Waals surface area contributed by atoms with Crippen LogP contribution in [-0.4, -0.2) is 11.2 Å².